The highest BCUT2D eigenvalue weighted by atomic mass is 16.2. The quantitative estimate of drug-likeness (QED) is 0.636. The topological polar surface area (TPSA) is 51.7 Å². The van der Waals surface area contributed by atoms with Gasteiger partial charge in [0.1, 0.15) is 0 Å². The van der Waals surface area contributed by atoms with Crippen molar-refractivity contribution < 1.29 is 10.6 Å². The molecular weight excluding hydrogens is 140 g/mol. The fourth-order valence-corrected chi connectivity index (χ4v) is 0.677. The standard InChI is InChI=1S/C7H16.C2H6O.H2O/c1-3-5-7-6-4-2;1-2-3;/h3-7H2,1-2H3;3H,2H2,1H3;1H2. The summed E-state index contributed by atoms with van der Waals surface area (Å²) in [6.45, 7) is 6.42. The van der Waals surface area contributed by atoms with Gasteiger partial charge in [-0.2, -0.15) is 0 Å². The van der Waals surface area contributed by atoms with Gasteiger partial charge in [0.2, 0.25) is 0 Å². The molecule has 72 valence electrons. The van der Waals surface area contributed by atoms with E-state index in [9.17, 15) is 0 Å². The van der Waals surface area contributed by atoms with Gasteiger partial charge in [-0.15, -0.1) is 0 Å². The number of unbranched alkanes of at least 4 members (excludes halogenated alkanes) is 4. The molecule has 0 spiro atoms. The first-order chi connectivity index (χ1) is 4.83. The zero-order valence-corrected chi connectivity index (χ0v) is 8.19. The van der Waals surface area contributed by atoms with Crippen molar-refractivity contribution in [3.63, 3.8) is 0 Å². The average molecular weight is 164 g/mol. The van der Waals surface area contributed by atoms with Gasteiger partial charge in [0.25, 0.3) is 0 Å². The highest BCUT2D eigenvalue weighted by molar-refractivity contribution is 4.35. The molecule has 0 amide bonds. The van der Waals surface area contributed by atoms with E-state index in [2.05, 4.69) is 13.8 Å². The molecule has 0 atom stereocenters. The highest BCUT2D eigenvalue weighted by Crippen LogP contribution is 2.00. The monoisotopic (exact) mass is 164 g/mol. The molecule has 0 radical (unpaired) electrons. The molecule has 3 N–H and O–H groups in total. The lowest BCUT2D eigenvalue weighted by Gasteiger charge is -1.90. The molecule has 0 aromatic heterocycles. The average Bonchev–Trinajstić information content (AvgIpc) is 1.91. The normalized spacial score (nSPS) is 7.64. The third kappa shape index (κ3) is 40.5. The fraction of sp³-hybridized carbons (Fsp3) is 1.00. The lowest BCUT2D eigenvalue weighted by Crippen LogP contribution is -1.70. The summed E-state index contributed by atoms with van der Waals surface area (Å²) in [6.07, 6.45) is 7.01. The summed E-state index contributed by atoms with van der Waals surface area (Å²) in [4.78, 5) is 0. The molecule has 0 aliphatic rings. The number of aliphatic hydroxyl groups excluding tert-OH is 1. The smallest absolute Gasteiger partial charge is 0.0402 e. The largest absolute Gasteiger partial charge is 0.412 e. The van der Waals surface area contributed by atoms with E-state index in [4.69, 9.17) is 5.11 Å². The van der Waals surface area contributed by atoms with Crippen LogP contribution in [0.4, 0.5) is 0 Å². The van der Waals surface area contributed by atoms with Crippen molar-refractivity contribution in [3.05, 3.63) is 0 Å². The van der Waals surface area contributed by atoms with E-state index in [1.165, 1.54) is 32.1 Å². The van der Waals surface area contributed by atoms with Gasteiger partial charge < -0.3 is 10.6 Å². The summed E-state index contributed by atoms with van der Waals surface area (Å²) in [7, 11) is 0. The van der Waals surface area contributed by atoms with E-state index in [1.807, 2.05) is 0 Å². The van der Waals surface area contributed by atoms with E-state index < -0.39 is 0 Å². The second-order valence-electron chi connectivity index (χ2n) is 2.38. The van der Waals surface area contributed by atoms with Crippen molar-refractivity contribution >= 4 is 0 Å². The van der Waals surface area contributed by atoms with E-state index >= 15 is 0 Å². The first-order valence-corrected chi connectivity index (χ1v) is 4.44. The molecule has 0 saturated heterocycles. The molecule has 0 aromatic carbocycles. The van der Waals surface area contributed by atoms with Crippen LogP contribution >= 0.6 is 0 Å². The SMILES string of the molecule is CCCCCCC.CCO.O. The molecule has 0 bridgehead atoms. The molecule has 2 nitrogen and oxygen atoms in total. The van der Waals surface area contributed by atoms with Crippen LogP contribution in [0, 0.1) is 0 Å². The summed E-state index contributed by atoms with van der Waals surface area (Å²) in [6, 6.07) is 0. The minimum atomic E-state index is 0. The maximum absolute atomic E-state index is 7.57. The number of rotatable bonds is 4. The van der Waals surface area contributed by atoms with Gasteiger partial charge in [0, 0.05) is 6.61 Å². The van der Waals surface area contributed by atoms with Crippen LogP contribution in [-0.4, -0.2) is 17.2 Å². The van der Waals surface area contributed by atoms with Gasteiger partial charge in [0.15, 0.2) is 0 Å². The van der Waals surface area contributed by atoms with Crippen LogP contribution in [0.3, 0.4) is 0 Å². The zero-order valence-electron chi connectivity index (χ0n) is 8.19. The maximum Gasteiger partial charge on any atom is 0.0402 e. The minimum absolute atomic E-state index is 0. The van der Waals surface area contributed by atoms with Crippen LogP contribution in [0.1, 0.15) is 52.9 Å². The second-order valence-corrected chi connectivity index (χ2v) is 2.38. The third-order valence-corrected chi connectivity index (χ3v) is 1.21. The van der Waals surface area contributed by atoms with Crippen molar-refractivity contribution in [2.45, 2.75) is 52.9 Å². The van der Waals surface area contributed by atoms with Gasteiger partial charge in [-0.1, -0.05) is 46.0 Å². The van der Waals surface area contributed by atoms with Crippen molar-refractivity contribution in [2.75, 3.05) is 6.61 Å². The Labute approximate surface area is 70.9 Å². The van der Waals surface area contributed by atoms with Crippen molar-refractivity contribution in [1.82, 2.24) is 0 Å². The van der Waals surface area contributed by atoms with Crippen LogP contribution in [-0.2, 0) is 0 Å². The Balaban J connectivity index is -0.000000140. The zero-order chi connectivity index (χ0) is 8.24. The molecule has 0 aliphatic carbocycles. The molecule has 0 aliphatic heterocycles. The summed E-state index contributed by atoms with van der Waals surface area (Å²) in [5.41, 5.74) is 0. The van der Waals surface area contributed by atoms with Crippen LogP contribution in [0.15, 0.2) is 0 Å². The number of aliphatic hydroxyl groups is 1. The van der Waals surface area contributed by atoms with Crippen molar-refractivity contribution in [3.8, 4) is 0 Å². The Morgan fingerprint density at radius 2 is 1.09 bits per heavy atom. The molecule has 0 aromatic rings. The molecule has 0 heterocycles. The molecule has 2 heteroatoms. The second kappa shape index (κ2) is 22.5. The number of hydrogen-bond acceptors (Lipinski definition) is 1. The maximum atomic E-state index is 7.57. The molecule has 0 rings (SSSR count). The Hall–Kier alpha value is -0.0800. The lowest BCUT2D eigenvalue weighted by molar-refractivity contribution is 0.318. The highest BCUT2D eigenvalue weighted by Gasteiger charge is 1.80. The van der Waals surface area contributed by atoms with E-state index in [0.29, 0.717) is 0 Å². The predicted octanol–water partition coefficient (Wildman–Crippen LogP) is 2.15. The molecule has 11 heavy (non-hydrogen) atoms. The summed E-state index contributed by atoms with van der Waals surface area (Å²) in [5, 5.41) is 7.57. The Bertz CT molecular complexity index is 34.5. The van der Waals surface area contributed by atoms with Gasteiger partial charge in [-0.25, -0.2) is 0 Å². The third-order valence-electron chi connectivity index (χ3n) is 1.21. The van der Waals surface area contributed by atoms with E-state index in [0.717, 1.165) is 0 Å². The molecular formula is C9H24O2. The van der Waals surface area contributed by atoms with Gasteiger partial charge in [0.05, 0.1) is 0 Å². The van der Waals surface area contributed by atoms with Crippen LogP contribution in [0.5, 0.6) is 0 Å². The summed E-state index contributed by atoms with van der Waals surface area (Å²) in [5.74, 6) is 0. The predicted molar refractivity (Wildman–Crippen MR) is 50.8 cm³/mol. The van der Waals surface area contributed by atoms with Crippen molar-refractivity contribution in [1.29, 1.82) is 0 Å². The Kier molecular flexibility index (Phi) is 35.1. The Morgan fingerprint density at radius 1 is 0.818 bits per heavy atom. The number of hydrogen-bond donors (Lipinski definition) is 1. The van der Waals surface area contributed by atoms with Crippen molar-refractivity contribution in [2.24, 2.45) is 0 Å². The first kappa shape index (κ1) is 17.1. The van der Waals surface area contributed by atoms with Crippen LogP contribution < -0.4 is 0 Å². The summed E-state index contributed by atoms with van der Waals surface area (Å²) >= 11 is 0. The van der Waals surface area contributed by atoms with Gasteiger partial charge >= 0.3 is 0 Å². The first-order valence-electron chi connectivity index (χ1n) is 4.44. The van der Waals surface area contributed by atoms with Crippen LogP contribution in [0.25, 0.3) is 0 Å². The molecule has 0 saturated carbocycles. The van der Waals surface area contributed by atoms with E-state index in [1.54, 1.807) is 6.92 Å². The minimum Gasteiger partial charge on any atom is -0.412 e. The van der Waals surface area contributed by atoms with E-state index in [-0.39, 0.29) is 12.1 Å². The summed E-state index contributed by atoms with van der Waals surface area (Å²) < 4.78 is 0. The van der Waals surface area contributed by atoms with Gasteiger partial charge in [-0.3, -0.25) is 0 Å². The van der Waals surface area contributed by atoms with Gasteiger partial charge in [-0.05, 0) is 6.92 Å². The fourth-order valence-electron chi connectivity index (χ4n) is 0.677. The molecule has 0 fully saturated rings. The lowest BCUT2D eigenvalue weighted by atomic mass is 10.2. The molecule has 0 unspecified atom stereocenters. The Morgan fingerprint density at radius 3 is 1.27 bits per heavy atom. The van der Waals surface area contributed by atoms with Crippen LogP contribution in [0.2, 0.25) is 0 Å².